The second kappa shape index (κ2) is 10.4. The minimum atomic E-state index is -1.24. The Morgan fingerprint density at radius 1 is 1.23 bits per heavy atom. The van der Waals surface area contributed by atoms with Crippen molar-refractivity contribution in [2.75, 3.05) is 5.75 Å². The highest BCUT2D eigenvalue weighted by Crippen LogP contribution is 2.01. The van der Waals surface area contributed by atoms with Crippen LogP contribution in [0.1, 0.15) is 18.5 Å². The Kier molecular flexibility index (Phi) is 8.58. The van der Waals surface area contributed by atoms with E-state index in [0.717, 1.165) is 0 Å². The molecular weight excluding hydrogens is 364 g/mol. The Morgan fingerprint density at radius 3 is 2.38 bits per heavy atom. The average Bonchev–Trinajstić information content (AvgIpc) is 3.09. The first-order valence-corrected chi connectivity index (χ1v) is 8.33. The summed E-state index contributed by atoms with van der Waals surface area (Å²) in [6.07, 6.45) is 2.78. The SMILES string of the molecule is NC(=O)CCC(N)C(=O)NC(CS)C(=O)NC(Cc1cnc[nH]1)C(=O)O. The number of amides is 3. The average molecular weight is 386 g/mol. The molecule has 0 spiro atoms. The number of carboxylic acids is 1. The summed E-state index contributed by atoms with van der Waals surface area (Å²) in [5.41, 5.74) is 11.1. The highest BCUT2D eigenvalue weighted by atomic mass is 32.1. The van der Waals surface area contributed by atoms with Crippen molar-refractivity contribution in [3.8, 4) is 0 Å². The van der Waals surface area contributed by atoms with Gasteiger partial charge in [0.05, 0.1) is 12.4 Å². The second-order valence-corrected chi connectivity index (χ2v) is 5.90. The maximum absolute atomic E-state index is 12.3. The third kappa shape index (κ3) is 7.11. The number of nitrogens with zero attached hydrogens (tertiary/aromatic N) is 1. The Morgan fingerprint density at radius 2 is 1.88 bits per heavy atom. The summed E-state index contributed by atoms with van der Waals surface area (Å²) < 4.78 is 0. The maximum Gasteiger partial charge on any atom is 0.326 e. The number of aliphatic carboxylic acids is 1. The number of carbonyl (C=O) groups is 4. The van der Waals surface area contributed by atoms with Crippen LogP contribution in [-0.4, -0.2) is 62.6 Å². The fourth-order valence-electron chi connectivity index (χ4n) is 1.99. The monoisotopic (exact) mass is 386 g/mol. The molecule has 11 nitrogen and oxygen atoms in total. The van der Waals surface area contributed by atoms with Gasteiger partial charge < -0.3 is 32.2 Å². The number of carboxylic acid groups (broad SMARTS) is 1. The number of nitrogens with one attached hydrogen (secondary N) is 3. The van der Waals surface area contributed by atoms with E-state index in [-0.39, 0.29) is 25.0 Å². The summed E-state index contributed by atoms with van der Waals surface area (Å²) in [6, 6.07) is -3.34. The van der Waals surface area contributed by atoms with Crippen molar-refractivity contribution in [1.82, 2.24) is 20.6 Å². The van der Waals surface area contributed by atoms with Crippen LogP contribution in [0, 0.1) is 0 Å². The molecule has 0 aliphatic carbocycles. The van der Waals surface area contributed by atoms with Gasteiger partial charge in [0.25, 0.3) is 0 Å². The quantitative estimate of drug-likeness (QED) is 0.205. The number of aromatic amines is 1. The molecule has 26 heavy (non-hydrogen) atoms. The summed E-state index contributed by atoms with van der Waals surface area (Å²) in [4.78, 5) is 52.8. The van der Waals surface area contributed by atoms with Crippen LogP contribution in [0.25, 0.3) is 0 Å². The zero-order valence-electron chi connectivity index (χ0n) is 13.8. The fraction of sp³-hybridized carbons (Fsp3) is 0.500. The standard InChI is InChI=1S/C14H22N6O5S/c15-8(1-2-11(16)21)12(22)20-10(5-26)13(23)19-9(14(24)25)3-7-4-17-6-18-7/h4,6,8-10,26H,1-3,5,15H2,(H2,16,21)(H,17,18)(H,19,23)(H,20,22)(H,24,25). The third-order valence-corrected chi connectivity index (χ3v) is 3.81. The van der Waals surface area contributed by atoms with Gasteiger partial charge >= 0.3 is 5.97 Å². The molecule has 144 valence electrons. The molecule has 0 aliphatic heterocycles. The second-order valence-electron chi connectivity index (χ2n) is 5.54. The molecule has 0 saturated carbocycles. The van der Waals surface area contributed by atoms with Crippen LogP contribution >= 0.6 is 12.6 Å². The molecule has 1 rings (SSSR count). The molecule has 0 aromatic carbocycles. The van der Waals surface area contributed by atoms with Crippen LogP contribution in [0.4, 0.5) is 0 Å². The molecule has 0 fully saturated rings. The molecule has 1 aromatic rings. The van der Waals surface area contributed by atoms with E-state index in [2.05, 4.69) is 33.2 Å². The molecule has 1 heterocycles. The highest BCUT2D eigenvalue weighted by molar-refractivity contribution is 7.80. The summed E-state index contributed by atoms with van der Waals surface area (Å²) in [7, 11) is 0. The Bertz CT molecular complexity index is 638. The lowest BCUT2D eigenvalue weighted by molar-refractivity contribution is -0.142. The third-order valence-electron chi connectivity index (χ3n) is 3.45. The Labute approximate surface area is 154 Å². The highest BCUT2D eigenvalue weighted by Gasteiger charge is 2.27. The molecule has 0 radical (unpaired) electrons. The van der Waals surface area contributed by atoms with Crippen molar-refractivity contribution in [2.24, 2.45) is 11.5 Å². The van der Waals surface area contributed by atoms with Crippen LogP contribution < -0.4 is 22.1 Å². The van der Waals surface area contributed by atoms with Gasteiger partial charge in [-0.05, 0) is 6.42 Å². The summed E-state index contributed by atoms with van der Waals surface area (Å²) in [5.74, 6) is -3.30. The number of rotatable bonds is 11. The number of imidazole rings is 1. The van der Waals surface area contributed by atoms with Crippen molar-refractivity contribution in [3.05, 3.63) is 18.2 Å². The molecule has 3 amide bonds. The van der Waals surface area contributed by atoms with Crippen LogP contribution in [0.2, 0.25) is 0 Å². The summed E-state index contributed by atoms with van der Waals surface area (Å²) >= 11 is 3.99. The zero-order valence-corrected chi connectivity index (χ0v) is 14.7. The molecule has 3 atom stereocenters. The van der Waals surface area contributed by atoms with E-state index in [9.17, 15) is 24.3 Å². The predicted octanol–water partition coefficient (Wildman–Crippen LogP) is -2.47. The number of carbonyl (C=O) groups excluding carboxylic acids is 3. The molecule has 1 aromatic heterocycles. The minimum absolute atomic E-state index is 0.00750. The van der Waals surface area contributed by atoms with Crippen molar-refractivity contribution >= 4 is 36.3 Å². The van der Waals surface area contributed by atoms with E-state index in [4.69, 9.17) is 11.5 Å². The predicted molar refractivity (Wildman–Crippen MR) is 94.0 cm³/mol. The van der Waals surface area contributed by atoms with E-state index < -0.39 is 41.8 Å². The lowest BCUT2D eigenvalue weighted by Gasteiger charge is -2.21. The van der Waals surface area contributed by atoms with E-state index in [1.54, 1.807) is 0 Å². The van der Waals surface area contributed by atoms with Crippen LogP contribution in [0.15, 0.2) is 12.5 Å². The van der Waals surface area contributed by atoms with Gasteiger partial charge in [-0.2, -0.15) is 12.6 Å². The number of H-pyrrole nitrogens is 1. The van der Waals surface area contributed by atoms with Crippen molar-refractivity contribution in [1.29, 1.82) is 0 Å². The van der Waals surface area contributed by atoms with Crippen molar-refractivity contribution in [3.63, 3.8) is 0 Å². The normalized spacial score (nSPS) is 14.1. The first-order chi connectivity index (χ1) is 12.2. The van der Waals surface area contributed by atoms with Crippen molar-refractivity contribution < 1.29 is 24.3 Å². The number of aromatic nitrogens is 2. The molecule has 0 bridgehead atoms. The number of nitrogens with two attached hydrogens (primary N) is 2. The minimum Gasteiger partial charge on any atom is -0.480 e. The summed E-state index contributed by atoms with van der Waals surface area (Å²) in [5, 5.41) is 14.0. The van der Waals surface area contributed by atoms with E-state index in [1.807, 2.05) is 0 Å². The van der Waals surface area contributed by atoms with E-state index >= 15 is 0 Å². The lowest BCUT2D eigenvalue weighted by Crippen LogP contribution is -2.55. The van der Waals surface area contributed by atoms with Crippen molar-refractivity contribution in [2.45, 2.75) is 37.4 Å². The number of primary amides is 1. The number of hydrogen-bond donors (Lipinski definition) is 7. The van der Waals surface area contributed by atoms with Gasteiger partial charge in [-0.25, -0.2) is 9.78 Å². The smallest absolute Gasteiger partial charge is 0.326 e. The van der Waals surface area contributed by atoms with Gasteiger partial charge in [-0.3, -0.25) is 14.4 Å². The Hall–Kier alpha value is -2.60. The van der Waals surface area contributed by atoms with Gasteiger partial charge in [-0.1, -0.05) is 0 Å². The molecule has 12 heteroatoms. The molecule has 8 N–H and O–H groups in total. The van der Waals surface area contributed by atoms with Gasteiger partial charge in [0.1, 0.15) is 12.1 Å². The van der Waals surface area contributed by atoms with Crippen LogP contribution in [0.3, 0.4) is 0 Å². The van der Waals surface area contributed by atoms with Gasteiger partial charge in [-0.15, -0.1) is 0 Å². The first-order valence-electron chi connectivity index (χ1n) is 7.70. The van der Waals surface area contributed by atoms with E-state index in [1.165, 1.54) is 12.5 Å². The fourth-order valence-corrected chi connectivity index (χ4v) is 2.25. The van der Waals surface area contributed by atoms with E-state index in [0.29, 0.717) is 5.69 Å². The largest absolute Gasteiger partial charge is 0.480 e. The topological polar surface area (TPSA) is 193 Å². The molecular formula is C14H22N6O5S. The lowest BCUT2D eigenvalue weighted by atomic mass is 10.1. The zero-order chi connectivity index (χ0) is 19.7. The van der Waals surface area contributed by atoms with Crippen LogP contribution in [-0.2, 0) is 25.6 Å². The summed E-state index contributed by atoms with van der Waals surface area (Å²) in [6.45, 7) is 0. The van der Waals surface area contributed by atoms with Gasteiger partial charge in [0, 0.05) is 30.5 Å². The molecule has 0 saturated heterocycles. The molecule has 0 aliphatic rings. The number of thiol groups is 1. The maximum atomic E-state index is 12.3. The molecule has 3 unspecified atom stereocenters. The Balaban J connectivity index is 2.64. The van der Waals surface area contributed by atoms with Gasteiger partial charge in [0.15, 0.2) is 0 Å². The van der Waals surface area contributed by atoms with Crippen LogP contribution in [0.5, 0.6) is 0 Å². The van der Waals surface area contributed by atoms with Gasteiger partial charge in [0.2, 0.25) is 17.7 Å². The first kappa shape index (κ1) is 21.4. The number of hydrogen-bond acceptors (Lipinski definition) is 7.